The predicted octanol–water partition coefficient (Wildman–Crippen LogP) is 4.19. The summed E-state index contributed by atoms with van der Waals surface area (Å²) in [7, 11) is 2.75. The lowest BCUT2D eigenvalue weighted by molar-refractivity contribution is -0.385. The topological polar surface area (TPSA) is 118 Å². The number of nitriles is 1. The lowest BCUT2D eigenvalue weighted by atomic mass is 9.98. The number of aryl methyl sites for hydroxylation is 1. The number of carbonyl (C=O) groups is 1. The summed E-state index contributed by atoms with van der Waals surface area (Å²) in [6, 6.07) is 9.96. The number of nitro benzene ring substituents is 1. The molecule has 0 bridgehead atoms. The van der Waals surface area contributed by atoms with E-state index in [4.69, 9.17) is 9.47 Å². The Bertz CT molecular complexity index is 1200. The largest absolute Gasteiger partial charge is 0.493 e. The van der Waals surface area contributed by atoms with Crippen molar-refractivity contribution in [1.82, 2.24) is 4.98 Å². The van der Waals surface area contributed by atoms with Gasteiger partial charge in [-0.25, -0.2) is 0 Å². The average Bonchev–Trinajstić information content (AvgIpc) is 3.16. The first-order chi connectivity index (χ1) is 13.9. The summed E-state index contributed by atoms with van der Waals surface area (Å²) in [6.07, 6.45) is 2.73. The third-order valence-corrected chi connectivity index (χ3v) is 4.55. The van der Waals surface area contributed by atoms with E-state index in [1.807, 2.05) is 31.2 Å². The van der Waals surface area contributed by atoms with Crippen molar-refractivity contribution in [2.75, 3.05) is 14.2 Å². The summed E-state index contributed by atoms with van der Waals surface area (Å²) in [6.45, 7) is 1.86. The first-order valence-electron chi connectivity index (χ1n) is 8.54. The number of aromatic nitrogens is 1. The predicted molar refractivity (Wildman–Crippen MR) is 107 cm³/mol. The van der Waals surface area contributed by atoms with Crippen molar-refractivity contribution in [2.24, 2.45) is 0 Å². The number of nitrogens with zero attached hydrogens (tertiary/aromatic N) is 2. The second-order valence-electron chi connectivity index (χ2n) is 6.22. The second-order valence-corrected chi connectivity index (χ2v) is 6.22. The van der Waals surface area contributed by atoms with Gasteiger partial charge in [-0.15, -0.1) is 0 Å². The van der Waals surface area contributed by atoms with E-state index in [1.165, 1.54) is 38.6 Å². The van der Waals surface area contributed by atoms with Gasteiger partial charge in [-0.3, -0.25) is 14.9 Å². The van der Waals surface area contributed by atoms with Gasteiger partial charge in [-0.1, -0.05) is 12.1 Å². The molecule has 1 N–H and O–H groups in total. The van der Waals surface area contributed by atoms with Crippen LogP contribution in [0.3, 0.4) is 0 Å². The van der Waals surface area contributed by atoms with Gasteiger partial charge in [-0.05, 0) is 30.7 Å². The molecule has 2 aromatic carbocycles. The van der Waals surface area contributed by atoms with Crippen LogP contribution in [0.4, 0.5) is 5.69 Å². The van der Waals surface area contributed by atoms with Crippen LogP contribution in [-0.2, 0) is 0 Å². The fourth-order valence-electron chi connectivity index (χ4n) is 3.15. The number of carbonyl (C=O) groups excluding carboxylic acids is 1. The molecule has 8 heteroatoms. The van der Waals surface area contributed by atoms with Crippen molar-refractivity contribution in [3.05, 3.63) is 68.9 Å². The highest BCUT2D eigenvalue weighted by atomic mass is 16.6. The maximum Gasteiger partial charge on any atom is 0.280 e. The van der Waals surface area contributed by atoms with Crippen LogP contribution < -0.4 is 9.47 Å². The molecular weight excluding hydrogens is 374 g/mol. The summed E-state index contributed by atoms with van der Waals surface area (Å²) in [5, 5.41) is 21.8. The number of methoxy groups -OCH3 is 2. The van der Waals surface area contributed by atoms with Gasteiger partial charge >= 0.3 is 0 Å². The minimum Gasteiger partial charge on any atom is -0.493 e. The maximum absolute atomic E-state index is 13.0. The van der Waals surface area contributed by atoms with E-state index in [0.29, 0.717) is 10.9 Å². The molecule has 0 unspecified atom stereocenters. The highest BCUT2D eigenvalue weighted by Crippen LogP contribution is 2.36. The molecule has 0 spiro atoms. The van der Waals surface area contributed by atoms with Gasteiger partial charge in [0.25, 0.3) is 5.69 Å². The normalized spacial score (nSPS) is 11.2. The molecule has 1 aromatic heterocycles. The standard InChI is InChI=1S/C21H17N3O5/c1-12-5-4-6-16-20(12)15(11-23-16)21(25)14(10-22)7-13-8-18(28-2)19(29-3)9-17(13)24(26)27/h4-9,11,23H,1-3H3. The number of fused-ring (bicyclic) bond motifs is 1. The van der Waals surface area contributed by atoms with Crippen molar-refractivity contribution in [1.29, 1.82) is 5.26 Å². The van der Waals surface area contributed by atoms with Crippen molar-refractivity contribution < 1.29 is 19.2 Å². The minimum absolute atomic E-state index is 0.0640. The Morgan fingerprint density at radius 2 is 1.93 bits per heavy atom. The summed E-state index contributed by atoms with van der Waals surface area (Å²) in [5.74, 6) is -0.109. The Morgan fingerprint density at radius 1 is 1.24 bits per heavy atom. The smallest absolute Gasteiger partial charge is 0.280 e. The first kappa shape index (κ1) is 19.6. The van der Waals surface area contributed by atoms with Crippen LogP contribution in [0.25, 0.3) is 17.0 Å². The fraction of sp³-hybridized carbons (Fsp3) is 0.143. The Balaban J connectivity index is 2.16. The van der Waals surface area contributed by atoms with Gasteiger partial charge in [0.05, 0.1) is 30.8 Å². The Labute approximate surface area is 166 Å². The number of allylic oxidation sites excluding steroid dienone is 1. The number of aromatic amines is 1. The van der Waals surface area contributed by atoms with E-state index < -0.39 is 10.7 Å². The van der Waals surface area contributed by atoms with Crippen LogP contribution in [0, 0.1) is 28.4 Å². The number of hydrogen-bond acceptors (Lipinski definition) is 6. The second kappa shape index (κ2) is 7.86. The van der Waals surface area contributed by atoms with Crippen molar-refractivity contribution in [3.8, 4) is 17.6 Å². The molecule has 8 nitrogen and oxygen atoms in total. The Kier molecular flexibility index (Phi) is 5.32. The van der Waals surface area contributed by atoms with Crippen LogP contribution >= 0.6 is 0 Å². The molecule has 0 radical (unpaired) electrons. The average molecular weight is 391 g/mol. The highest BCUT2D eigenvalue weighted by molar-refractivity contribution is 6.20. The SMILES string of the molecule is COc1cc(C=C(C#N)C(=O)c2c[nH]c3cccc(C)c23)c([N+](=O)[O-])cc1OC. The molecule has 0 saturated heterocycles. The molecule has 0 amide bonds. The number of hydrogen-bond donors (Lipinski definition) is 1. The van der Waals surface area contributed by atoms with Gasteiger partial charge in [0.1, 0.15) is 11.6 Å². The molecule has 146 valence electrons. The molecular formula is C21H17N3O5. The van der Waals surface area contributed by atoms with Gasteiger partial charge in [0.15, 0.2) is 11.5 Å². The van der Waals surface area contributed by atoms with E-state index in [1.54, 1.807) is 0 Å². The number of nitro groups is 1. The molecule has 0 aliphatic heterocycles. The number of rotatable bonds is 6. The van der Waals surface area contributed by atoms with Gasteiger partial charge < -0.3 is 14.5 Å². The van der Waals surface area contributed by atoms with E-state index >= 15 is 0 Å². The summed E-state index contributed by atoms with van der Waals surface area (Å²) in [5.41, 5.74) is 1.50. The molecule has 0 saturated carbocycles. The van der Waals surface area contributed by atoms with Crippen molar-refractivity contribution in [3.63, 3.8) is 0 Å². The van der Waals surface area contributed by atoms with Crippen LogP contribution in [0.1, 0.15) is 21.5 Å². The van der Waals surface area contributed by atoms with Crippen LogP contribution in [0.15, 0.2) is 42.1 Å². The Morgan fingerprint density at radius 3 is 2.55 bits per heavy atom. The van der Waals surface area contributed by atoms with E-state index in [2.05, 4.69) is 4.98 Å². The van der Waals surface area contributed by atoms with Crippen LogP contribution in [-0.4, -0.2) is 29.9 Å². The molecule has 0 aliphatic rings. The maximum atomic E-state index is 13.0. The van der Waals surface area contributed by atoms with Gasteiger partial charge in [-0.2, -0.15) is 5.26 Å². The zero-order chi connectivity index (χ0) is 21.1. The third kappa shape index (κ3) is 3.53. The lowest BCUT2D eigenvalue weighted by Crippen LogP contribution is -2.03. The quantitative estimate of drug-likeness (QED) is 0.221. The molecule has 0 fully saturated rings. The fourth-order valence-corrected chi connectivity index (χ4v) is 3.15. The molecule has 0 aliphatic carbocycles. The number of H-pyrrole nitrogens is 1. The zero-order valence-electron chi connectivity index (χ0n) is 16.0. The van der Waals surface area contributed by atoms with Crippen LogP contribution in [0.5, 0.6) is 11.5 Å². The van der Waals surface area contributed by atoms with E-state index in [-0.39, 0.29) is 28.3 Å². The number of Topliss-reactive ketones (excluding diaryl/α,β-unsaturated/α-hetero) is 1. The highest BCUT2D eigenvalue weighted by Gasteiger charge is 2.22. The number of ketones is 1. The minimum atomic E-state index is -0.608. The molecule has 3 rings (SSSR count). The Hall–Kier alpha value is -4.12. The lowest BCUT2D eigenvalue weighted by Gasteiger charge is -2.09. The molecule has 1 heterocycles. The van der Waals surface area contributed by atoms with Crippen LogP contribution in [0.2, 0.25) is 0 Å². The van der Waals surface area contributed by atoms with Gasteiger partial charge in [0.2, 0.25) is 5.78 Å². The first-order valence-corrected chi connectivity index (χ1v) is 8.54. The zero-order valence-corrected chi connectivity index (χ0v) is 16.0. The summed E-state index contributed by atoms with van der Waals surface area (Å²) in [4.78, 5) is 26.9. The number of ether oxygens (including phenoxy) is 2. The summed E-state index contributed by atoms with van der Waals surface area (Å²) >= 11 is 0. The molecule has 0 atom stereocenters. The van der Waals surface area contributed by atoms with E-state index in [9.17, 15) is 20.2 Å². The third-order valence-electron chi connectivity index (χ3n) is 4.55. The van der Waals surface area contributed by atoms with Gasteiger partial charge in [0, 0.05) is 22.7 Å². The van der Waals surface area contributed by atoms with Crippen molar-refractivity contribution >= 4 is 28.4 Å². The van der Waals surface area contributed by atoms with E-state index in [0.717, 1.165) is 11.1 Å². The monoisotopic (exact) mass is 391 g/mol. The van der Waals surface area contributed by atoms with Crippen molar-refractivity contribution in [2.45, 2.75) is 6.92 Å². The summed E-state index contributed by atoms with van der Waals surface area (Å²) < 4.78 is 10.3. The molecule has 29 heavy (non-hydrogen) atoms. The molecule has 3 aromatic rings. The number of benzene rings is 2. The number of nitrogens with one attached hydrogen (secondary N) is 1.